The zero-order valence-corrected chi connectivity index (χ0v) is 13.7. The molecular formula is C14H11Br2NO3. The lowest BCUT2D eigenvalue weighted by Crippen LogP contribution is -2.08. The van der Waals surface area contributed by atoms with Crippen molar-refractivity contribution in [1.82, 2.24) is 4.98 Å². The molecule has 0 saturated carbocycles. The van der Waals surface area contributed by atoms with E-state index in [0.29, 0.717) is 14.8 Å². The summed E-state index contributed by atoms with van der Waals surface area (Å²) >= 11 is 6.48. The van der Waals surface area contributed by atoms with Gasteiger partial charge < -0.3 is 9.84 Å². The third-order valence-electron chi connectivity index (χ3n) is 2.74. The number of pyridine rings is 1. The Kier molecular flexibility index (Phi) is 4.77. The van der Waals surface area contributed by atoms with Crippen LogP contribution in [0.1, 0.15) is 21.5 Å². The number of carboxylic acid groups (broad SMARTS) is 1. The standard InChI is InChI=1S/C14H11Br2NO3/c1-8-10(14(18)19)11(13(16)17-12(8)15)20-7-9-5-3-2-4-6-9/h2-6H,7H2,1H3,(H,18,19). The molecule has 2 aromatic rings. The quantitative estimate of drug-likeness (QED) is 0.781. The molecule has 0 bridgehead atoms. The maximum atomic E-state index is 11.4. The smallest absolute Gasteiger partial charge is 0.339 e. The number of hydrogen-bond donors (Lipinski definition) is 1. The van der Waals surface area contributed by atoms with Gasteiger partial charge in [0, 0.05) is 5.56 Å². The fourth-order valence-corrected chi connectivity index (χ4v) is 2.82. The van der Waals surface area contributed by atoms with Gasteiger partial charge >= 0.3 is 5.97 Å². The van der Waals surface area contributed by atoms with Crippen LogP contribution in [0.15, 0.2) is 39.5 Å². The molecule has 104 valence electrons. The third kappa shape index (κ3) is 3.19. The van der Waals surface area contributed by atoms with Gasteiger partial charge in [-0.2, -0.15) is 0 Å². The Morgan fingerprint density at radius 2 is 1.90 bits per heavy atom. The van der Waals surface area contributed by atoms with Crippen LogP contribution >= 0.6 is 31.9 Å². The van der Waals surface area contributed by atoms with Crippen molar-refractivity contribution in [1.29, 1.82) is 0 Å². The van der Waals surface area contributed by atoms with E-state index in [2.05, 4.69) is 36.8 Å². The molecule has 0 aliphatic rings. The average Bonchev–Trinajstić information content (AvgIpc) is 2.42. The fraction of sp³-hybridized carbons (Fsp3) is 0.143. The molecule has 2 rings (SSSR count). The van der Waals surface area contributed by atoms with E-state index >= 15 is 0 Å². The SMILES string of the molecule is Cc1c(Br)nc(Br)c(OCc2ccccc2)c1C(=O)O. The summed E-state index contributed by atoms with van der Waals surface area (Å²) in [5.41, 5.74) is 1.59. The first-order chi connectivity index (χ1) is 9.50. The molecular weight excluding hydrogens is 390 g/mol. The Hall–Kier alpha value is -1.40. The summed E-state index contributed by atoms with van der Waals surface area (Å²) in [5, 5.41) is 9.34. The molecule has 0 amide bonds. The molecule has 4 nitrogen and oxygen atoms in total. The first-order valence-electron chi connectivity index (χ1n) is 5.76. The number of aromatic carboxylic acids is 1. The number of ether oxygens (including phenoxy) is 1. The minimum atomic E-state index is -1.05. The van der Waals surface area contributed by atoms with Crippen molar-refractivity contribution in [2.75, 3.05) is 0 Å². The van der Waals surface area contributed by atoms with Crippen molar-refractivity contribution in [2.45, 2.75) is 13.5 Å². The van der Waals surface area contributed by atoms with E-state index in [-0.39, 0.29) is 17.9 Å². The maximum absolute atomic E-state index is 11.4. The van der Waals surface area contributed by atoms with Crippen LogP contribution in [0.2, 0.25) is 0 Å². The van der Waals surface area contributed by atoms with E-state index in [0.717, 1.165) is 5.56 Å². The second-order valence-corrected chi connectivity index (χ2v) is 5.60. The summed E-state index contributed by atoms with van der Waals surface area (Å²) in [7, 11) is 0. The number of halogens is 2. The number of nitrogens with zero attached hydrogens (tertiary/aromatic N) is 1. The van der Waals surface area contributed by atoms with Gasteiger partial charge in [0.2, 0.25) is 0 Å². The predicted molar refractivity (Wildman–Crippen MR) is 82.1 cm³/mol. The van der Waals surface area contributed by atoms with Gasteiger partial charge in [0.25, 0.3) is 0 Å². The van der Waals surface area contributed by atoms with E-state index in [1.807, 2.05) is 30.3 Å². The van der Waals surface area contributed by atoms with Crippen molar-refractivity contribution in [3.05, 3.63) is 56.2 Å². The average molecular weight is 401 g/mol. The number of benzene rings is 1. The number of carboxylic acids is 1. The van der Waals surface area contributed by atoms with Gasteiger partial charge in [0.15, 0.2) is 5.75 Å². The molecule has 20 heavy (non-hydrogen) atoms. The number of rotatable bonds is 4. The topological polar surface area (TPSA) is 59.4 Å². The summed E-state index contributed by atoms with van der Waals surface area (Å²) in [6.45, 7) is 1.96. The lowest BCUT2D eigenvalue weighted by molar-refractivity contribution is 0.0690. The lowest BCUT2D eigenvalue weighted by Gasteiger charge is -2.13. The summed E-state index contributed by atoms with van der Waals surface area (Å²) in [6, 6.07) is 9.53. The van der Waals surface area contributed by atoms with Gasteiger partial charge in [0.1, 0.15) is 21.4 Å². The van der Waals surface area contributed by atoms with Gasteiger partial charge in [-0.3, -0.25) is 0 Å². The van der Waals surface area contributed by atoms with Crippen molar-refractivity contribution in [3.8, 4) is 5.75 Å². The molecule has 0 spiro atoms. The Balaban J connectivity index is 2.36. The second kappa shape index (κ2) is 6.37. The second-order valence-electron chi connectivity index (χ2n) is 4.10. The largest absolute Gasteiger partial charge is 0.485 e. The zero-order chi connectivity index (χ0) is 14.7. The van der Waals surface area contributed by atoms with Crippen LogP contribution in [0, 0.1) is 6.92 Å². The molecule has 0 aliphatic heterocycles. The molecule has 1 heterocycles. The molecule has 6 heteroatoms. The molecule has 0 fully saturated rings. The van der Waals surface area contributed by atoms with Crippen LogP contribution in [0.3, 0.4) is 0 Å². The van der Waals surface area contributed by atoms with Gasteiger partial charge in [-0.05, 0) is 44.3 Å². The minimum absolute atomic E-state index is 0.106. The van der Waals surface area contributed by atoms with Crippen molar-refractivity contribution >= 4 is 37.8 Å². The van der Waals surface area contributed by atoms with E-state index in [4.69, 9.17) is 4.74 Å². The highest BCUT2D eigenvalue weighted by molar-refractivity contribution is 9.11. The minimum Gasteiger partial charge on any atom is -0.485 e. The number of aromatic nitrogens is 1. The van der Waals surface area contributed by atoms with Gasteiger partial charge in [-0.25, -0.2) is 9.78 Å². The normalized spacial score (nSPS) is 10.3. The highest BCUT2D eigenvalue weighted by atomic mass is 79.9. The summed E-state index contributed by atoms with van der Waals surface area (Å²) in [4.78, 5) is 15.6. The van der Waals surface area contributed by atoms with Crippen LogP contribution in [-0.2, 0) is 6.61 Å². The van der Waals surface area contributed by atoms with E-state index in [1.165, 1.54) is 0 Å². The van der Waals surface area contributed by atoms with Crippen LogP contribution in [0.4, 0.5) is 0 Å². The summed E-state index contributed by atoms with van der Waals surface area (Å²) in [5.74, 6) is -0.809. The highest BCUT2D eigenvalue weighted by Crippen LogP contribution is 2.34. The van der Waals surface area contributed by atoms with Crippen molar-refractivity contribution in [3.63, 3.8) is 0 Å². The van der Waals surface area contributed by atoms with Gasteiger partial charge in [0.05, 0.1) is 0 Å². The molecule has 0 radical (unpaired) electrons. The summed E-state index contributed by atoms with van der Waals surface area (Å²) in [6.07, 6.45) is 0. The monoisotopic (exact) mass is 399 g/mol. The van der Waals surface area contributed by atoms with Crippen LogP contribution < -0.4 is 4.74 Å². The number of hydrogen-bond acceptors (Lipinski definition) is 3. The first kappa shape index (κ1) is 15.0. The highest BCUT2D eigenvalue weighted by Gasteiger charge is 2.21. The summed E-state index contributed by atoms with van der Waals surface area (Å²) < 4.78 is 6.48. The van der Waals surface area contributed by atoms with E-state index in [1.54, 1.807) is 6.92 Å². The van der Waals surface area contributed by atoms with E-state index in [9.17, 15) is 9.90 Å². The molecule has 0 unspecified atom stereocenters. The van der Waals surface area contributed by atoms with Crippen LogP contribution in [0.5, 0.6) is 5.75 Å². The van der Waals surface area contributed by atoms with Crippen LogP contribution in [0.25, 0.3) is 0 Å². The first-order valence-corrected chi connectivity index (χ1v) is 7.35. The third-order valence-corrected chi connectivity index (χ3v) is 4.04. The Bertz CT molecular complexity index is 645. The Morgan fingerprint density at radius 3 is 2.50 bits per heavy atom. The lowest BCUT2D eigenvalue weighted by atomic mass is 10.1. The fourth-order valence-electron chi connectivity index (χ4n) is 1.72. The predicted octanol–water partition coefficient (Wildman–Crippen LogP) is 4.19. The zero-order valence-electron chi connectivity index (χ0n) is 10.6. The molecule has 0 saturated heterocycles. The van der Waals surface area contributed by atoms with Crippen LogP contribution in [-0.4, -0.2) is 16.1 Å². The van der Waals surface area contributed by atoms with E-state index < -0.39 is 5.97 Å². The Labute approximate surface area is 133 Å². The Morgan fingerprint density at radius 1 is 1.25 bits per heavy atom. The van der Waals surface area contributed by atoms with Gasteiger partial charge in [-0.15, -0.1) is 0 Å². The number of carbonyl (C=O) groups is 1. The molecule has 1 N–H and O–H groups in total. The molecule has 0 atom stereocenters. The maximum Gasteiger partial charge on any atom is 0.339 e. The molecule has 1 aromatic carbocycles. The van der Waals surface area contributed by atoms with Crippen molar-refractivity contribution in [2.24, 2.45) is 0 Å². The molecule has 0 aliphatic carbocycles. The van der Waals surface area contributed by atoms with Crippen molar-refractivity contribution < 1.29 is 14.6 Å². The van der Waals surface area contributed by atoms with Gasteiger partial charge in [-0.1, -0.05) is 30.3 Å². The molecule has 1 aromatic heterocycles.